The highest BCUT2D eigenvalue weighted by Gasteiger charge is 2.39. The van der Waals surface area contributed by atoms with Crippen molar-refractivity contribution in [3.63, 3.8) is 0 Å². The molecule has 0 spiro atoms. The van der Waals surface area contributed by atoms with E-state index in [1.165, 1.54) is 12.1 Å². The Hall–Kier alpha value is -3.85. The quantitative estimate of drug-likeness (QED) is 0.460. The van der Waals surface area contributed by atoms with Gasteiger partial charge in [-0.05, 0) is 56.0 Å². The van der Waals surface area contributed by atoms with E-state index >= 15 is 0 Å². The van der Waals surface area contributed by atoms with Crippen LogP contribution in [0.25, 0.3) is 16.9 Å². The van der Waals surface area contributed by atoms with Gasteiger partial charge in [-0.15, -0.1) is 0 Å². The summed E-state index contributed by atoms with van der Waals surface area (Å²) in [4.78, 5) is 19.4. The highest BCUT2D eigenvalue weighted by molar-refractivity contribution is 7.92. The minimum Gasteiger partial charge on any atom is -0.370 e. The molecule has 2 aromatic heterocycles. The van der Waals surface area contributed by atoms with E-state index in [4.69, 9.17) is 9.88 Å². The van der Waals surface area contributed by atoms with E-state index in [1.807, 2.05) is 30.3 Å². The fraction of sp³-hybridized carbons (Fsp3) is 0.429. The molecular formula is C28H31F2N7O2S. The second kappa shape index (κ2) is 11.3. The van der Waals surface area contributed by atoms with Gasteiger partial charge in [-0.1, -0.05) is 12.1 Å². The van der Waals surface area contributed by atoms with Crippen molar-refractivity contribution in [2.75, 3.05) is 29.5 Å². The minimum absolute atomic E-state index is 0.0306. The van der Waals surface area contributed by atoms with Gasteiger partial charge in [0.05, 0.1) is 18.0 Å². The summed E-state index contributed by atoms with van der Waals surface area (Å²) in [5, 5.41) is 16.7. The maximum atomic E-state index is 14.6. The Balaban J connectivity index is 1.52. The lowest BCUT2D eigenvalue weighted by molar-refractivity contribution is -0.127. The first-order valence-electron chi connectivity index (χ1n) is 13.3. The lowest BCUT2D eigenvalue weighted by atomic mass is 9.74. The second-order valence-electron chi connectivity index (χ2n) is 10.4. The summed E-state index contributed by atoms with van der Waals surface area (Å²) in [5.41, 5.74) is 3.15. The Morgan fingerprint density at radius 3 is 2.58 bits per heavy atom. The monoisotopic (exact) mass is 567 g/mol. The number of amides is 1. The number of halogens is 2. The number of rotatable bonds is 6. The van der Waals surface area contributed by atoms with Gasteiger partial charge in [0, 0.05) is 63.6 Å². The van der Waals surface area contributed by atoms with Crippen molar-refractivity contribution in [1.29, 1.82) is 10.0 Å². The third-order valence-electron chi connectivity index (χ3n) is 7.64. The van der Waals surface area contributed by atoms with Crippen molar-refractivity contribution in [2.24, 2.45) is 5.92 Å². The summed E-state index contributed by atoms with van der Waals surface area (Å²) in [6.07, 6.45) is 2.48. The number of carbonyl (C=O) groups excluding carboxylic acids is 1. The molecule has 1 aromatic carbocycles. The Kier molecular flexibility index (Phi) is 7.85. The number of pyridine rings is 1. The number of benzene rings is 1. The van der Waals surface area contributed by atoms with E-state index < -0.39 is 39.6 Å². The zero-order valence-electron chi connectivity index (χ0n) is 22.1. The fourth-order valence-electron chi connectivity index (χ4n) is 5.43. The van der Waals surface area contributed by atoms with Crippen molar-refractivity contribution in [3.8, 4) is 23.0 Å². The molecule has 12 heteroatoms. The number of hydrogen-bond acceptors (Lipinski definition) is 7. The summed E-state index contributed by atoms with van der Waals surface area (Å²) in [6.45, 7) is 2.67. The Bertz CT molecular complexity index is 1500. The number of carbonyl (C=O) groups is 1. The SMILES string of the molecule is C[C@@H](C#N)NC(=O)[C@@H]1C[C@@H](F)CC[C@H]1c1nn(-c2ccc(F)cn2)cc1-c1ccc(N2CCS(=N)(=O)CC2)cc1. The van der Waals surface area contributed by atoms with E-state index in [9.17, 15) is 23.0 Å². The zero-order valence-corrected chi connectivity index (χ0v) is 22.9. The molecule has 4 atom stereocenters. The Morgan fingerprint density at radius 2 is 1.93 bits per heavy atom. The minimum atomic E-state index is -2.50. The van der Waals surface area contributed by atoms with Crippen LogP contribution in [0.4, 0.5) is 14.5 Å². The van der Waals surface area contributed by atoms with Crippen LogP contribution >= 0.6 is 0 Å². The van der Waals surface area contributed by atoms with Crippen molar-refractivity contribution in [1.82, 2.24) is 20.1 Å². The molecule has 9 nitrogen and oxygen atoms in total. The van der Waals surface area contributed by atoms with Gasteiger partial charge < -0.3 is 10.2 Å². The predicted molar refractivity (Wildman–Crippen MR) is 148 cm³/mol. The number of nitrogens with one attached hydrogen (secondary N) is 2. The van der Waals surface area contributed by atoms with Gasteiger partial charge in [-0.25, -0.2) is 22.7 Å². The van der Waals surface area contributed by atoms with Crippen LogP contribution in [0.5, 0.6) is 0 Å². The third kappa shape index (κ3) is 5.99. The molecular weight excluding hydrogens is 536 g/mol. The standard InChI is InChI=1S/C28H31F2N7O2S/c1-18(15-31)34-28(38)24-14-20(29)4-8-23(24)27-25(17-37(35-27)26-9-5-21(30)16-33-26)19-2-6-22(7-3-19)36-10-12-40(32,39)13-11-36/h2-3,5-7,9,16-18,20,23-24,32H,4,8,10-14H2,1H3,(H,34,38)/t18-,20-,23+,24+/m0/s1. The maximum Gasteiger partial charge on any atom is 0.224 e. The second-order valence-corrected chi connectivity index (χ2v) is 12.9. The third-order valence-corrected chi connectivity index (χ3v) is 9.33. The van der Waals surface area contributed by atoms with Gasteiger partial charge in [-0.3, -0.25) is 9.57 Å². The van der Waals surface area contributed by atoms with Gasteiger partial charge in [0.25, 0.3) is 0 Å². The van der Waals surface area contributed by atoms with Crippen molar-refractivity contribution >= 4 is 21.3 Å². The Labute approximate surface area is 232 Å². The molecule has 2 fully saturated rings. The number of anilines is 1. The normalized spacial score (nSPS) is 23.2. The molecule has 2 aliphatic rings. The largest absolute Gasteiger partial charge is 0.370 e. The van der Waals surface area contributed by atoms with Crippen LogP contribution in [0.3, 0.4) is 0 Å². The summed E-state index contributed by atoms with van der Waals surface area (Å²) in [5.74, 6) is -0.903. The zero-order chi connectivity index (χ0) is 28.4. The topological polar surface area (TPSA) is 128 Å². The molecule has 1 saturated heterocycles. The molecule has 3 heterocycles. The average Bonchev–Trinajstić information content (AvgIpc) is 3.38. The Morgan fingerprint density at radius 1 is 1.20 bits per heavy atom. The van der Waals surface area contributed by atoms with Gasteiger partial charge in [0.1, 0.15) is 18.0 Å². The number of nitriles is 1. The van der Waals surface area contributed by atoms with Gasteiger partial charge in [0.2, 0.25) is 5.91 Å². The number of alkyl halides is 1. The molecule has 40 heavy (non-hydrogen) atoms. The van der Waals surface area contributed by atoms with E-state index in [-0.39, 0.29) is 18.7 Å². The first-order valence-corrected chi connectivity index (χ1v) is 15.2. The van der Waals surface area contributed by atoms with E-state index in [2.05, 4.69) is 15.2 Å². The van der Waals surface area contributed by atoms with Crippen LogP contribution in [0, 0.1) is 27.8 Å². The lowest BCUT2D eigenvalue weighted by Crippen LogP contribution is -2.41. The molecule has 0 radical (unpaired) electrons. The van der Waals surface area contributed by atoms with Crippen LogP contribution in [-0.4, -0.2) is 61.7 Å². The summed E-state index contributed by atoms with van der Waals surface area (Å²) >= 11 is 0. The molecule has 5 rings (SSSR count). The molecule has 210 valence electrons. The summed E-state index contributed by atoms with van der Waals surface area (Å²) < 4.78 is 49.5. The first-order chi connectivity index (χ1) is 19.1. The predicted octanol–water partition coefficient (Wildman–Crippen LogP) is 4.19. The van der Waals surface area contributed by atoms with E-state index in [1.54, 1.807) is 17.8 Å². The smallest absolute Gasteiger partial charge is 0.224 e. The van der Waals surface area contributed by atoms with Gasteiger partial charge in [-0.2, -0.15) is 10.4 Å². The van der Waals surface area contributed by atoms with Crippen molar-refractivity contribution in [2.45, 2.75) is 44.3 Å². The van der Waals surface area contributed by atoms with Crippen LogP contribution in [0.15, 0.2) is 48.8 Å². The van der Waals surface area contributed by atoms with Crippen LogP contribution in [-0.2, 0) is 14.5 Å². The van der Waals surface area contributed by atoms with Gasteiger partial charge in [0.15, 0.2) is 5.82 Å². The molecule has 0 bridgehead atoms. The highest BCUT2D eigenvalue weighted by atomic mass is 32.2. The van der Waals surface area contributed by atoms with Crippen LogP contribution in [0.2, 0.25) is 0 Å². The van der Waals surface area contributed by atoms with Crippen molar-refractivity contribution < 1.29 is 17.8 Å². The van der Waals surface area contributed by atoms with Crippen molar-refractivity contribution in [3.05, 3.63) is 60.3 Å². The summed E-state index contributed by atoms with van der Waals surface area (Å²) in [7, 11) is -2.50. The van der Waals surface area contributed by atoms with E-state index in [0.717, 1.165) is 23.0 Å². The molecule has 3 aromatic rings. The molecule has 1 saturated carbocycles. The van der Waals surface area contributed by atoms with Gasteiger partial charge >= 0.3 is 0 Å². The van der Waals surface area contributed by atoms with E-state index in [0.29, 0.717) is 42.5 Å². The highest BCUT2D eigenvalue weighted by Crippen LogP contribution is 2.43. The maximum absolute atomic E-state index is 14.6. The molecule has 1 amide bonds. The first kappa shape index (κ1) is 27.7. The number of nitrogens with zero attached hydrogens (tertiary/aromatic N) is 5. The van der Waals surface area contributed by atoms with Crippen LogP contribution in [0.1, 0.15) is 37.8 Å². The molecule has 1 aliphatic carbocycles. The molecule has 2 N–H and O–H groups in total. The molecule has 0 unspecified atom stereocenters. The molecule has 1 aliphatic heterocycles. The average molecular weight is 568 g/mol. The fourth-order valence-corrected chi connectivity index (χ4v) is 6.67. The number of aromatic nitrogens is 3. The lowest BCUT2D eigenvalue weighted by Gasteiger charge is -2.32. The summed E-state index contributed by atoms with van der Waals surface area (Å²) in [6, 6.07) is 11.9. The van der Waals surface area contributed by atoms with Crippen LogP contribution < -0.4 is 10.2 Å². The number of hydrogen-bond donors (Lipinski definition) is 2.